The van der Waals surface area contributed by atoms with E-state index in [9.17, 15) is 9.59 Å². The van der Waals surface area contributed by atoms with Crippen LogP contribution in [0.5, 0.6) is 0 Å². The number of ether oxygens (including phenoxy) is 2. The molecule has 21 heavy (non-hydrogen) atoms. The zero-order valence-electron chi connectivity index (χ0n) is 13.2. The van der Waals surface area contributed by atoms with Gasteiger partial charge in [0.1, 0.15) is 0 Å². The molecule has 0 radical (unpaired) electrons. The van der Waals surface area contributed by atoms with Crippen molar-refractivity contribution in [2.75, 3.05) is 33.9 Å². The number of esters is 1. The summed E-state index contributed by atoms with van der Waals surface area (Å²) in [6.07, 6.45) is 6.06. The Balaban J connectivity index is 1.82. The lowest BCUT2D eigenvalue weighted by atomic mass is 9.86. The third-order valence-electron chi connectivity index (χ3n) is 5.05. The number of fused-ring (bicyclic) bond motifs is 2. The van der Waals surface area contributed by atoms with E-state index in [2.05, 4.69) is 4.74 Å². The van der Waals surface area contributed by atoms with Crippen LogP contribution in [0.15, 0.2) is 0 Å². The molecule has 2 fully saturated rings. The van der Waals surface area contributed by atoms with Gasteiger partial charge in [0.2, 0.25) is 5.91 Å². The summed E-state index contributed by atoms with van der Waals surface area (Å²) in [5.41, 5.74) is 0. The molecule has 2 rings (SSSR count). The molecule has 0 spiro atoms. The van der Waals surface area contributed by atoms with Crippen molar-refractivity contribution in [3.05, 3.63) is 0 Å². The zero-order chi connectivity index (χ0) is 15.2. The second-order valence-corrected chi connectivity index (χ2v) is 6.34. The van der Waals surface area contributed by atoms with Crippen molar-refractivity contribution in [2.24, 2.45) is 17.8 Å². The number of rotatable bonds is 8. The Bertz CT molecular complexity index is 371. The average Bonchev–Trinajstić information content (AvgIpc) is 3.09. The van der Waals surface area contributed by atoms with Gasteiger partial charge in [0.25, 0.3) is 0 Å². The van der Waals surface area contributed by atoms with E-state index < -0.39 is 0 Å². The third-order valence-corrected chi connectivity index (χ3v) is 5.05. The van der Waals surface area contributed by atoms with Crippen molar-refractivity contribution in [1.82, 2.24) is 4.90 Å². The lowest BCUT2D eigenvalue weighted by Crippen LogP contribution is -2.37. The molecule has 2 saturated carbocycles. The SMILES string of the molecule is COCCN(CCC(=O)OC)C(=O)CC1CC2CCC1C2. The topological polar surface area (TPSA) is 55.8 Å². The molecule has 120 valence electrons. The molecule has 5 heteroatoms. The highest BCUT2D eigenvalue weighted by molar-refractivity contribution is 5.77. The highest BCUT2D eigenvalue weighted by atomic mass is 16.5. The minimum atomic E-state index is -0.273. The summed E-state index contributed by atoms with van der Waals surface area (Å²) in [6.45, 7) is 1.48. The average molecular weight is 297 g/mol. The molecule has 0 saturated heterocycles. The first kappa shape index (κ1) is 16.3. The van der Waals surface area contributed by atoms with Gasteiger partial charge < -0.3 is 14.4 Å². The molecule has 0 N–H and O–H groups in total. The van der Waals surface area contributed by atoms with E-state index in [1.165, 1.54) is 32.8 Å². The van der Waals surface area contributed by atoms with Gasteiger partial charge in [-0.3, -0.25) is 9.59 Å². The van der Waals surface area contributed by atoms with Gasteiger partial charge >= 0.3 is 5.97 Å². The summed E-state index contributed by atoms with van der Waals surface area (Å²) in [7, 11) is 3.00. The Morgan fingerprint density at radius 2 is 1.95 bits per heavy atom. The molecule has 3 atom stereocenters. The molecular weight excluding hydrogens is 270 g/mol. The number of methoxy groups -OCH3 is 2. The maximum absolute atomic E-state index is 12.5. The van der Waals surface area contributed by atoms with Gasteiger partial charge in [-0.2, -0.15) is 0 Å². The highest BCUT2D eigenvalue weighted by Crippen LogP contribution is 2.49. The van der Waals surface area contributed by atoms with Gasteiger partial charge in [-0.05, 0) is 37.0 Å². The van der Waals surface area contributed by atoms with Crippen LogP contribution < -0.4 is 0 Å². The normalized spacial score (nSPS) is 26.9. The first-order valence-electron chi connectivity index (χ1n) is 7.97. The van der Waals surface area contributed by atoms with Crippen LogP contribution in [0.1, 0.15) is 38.5 Å². The van der Waals surface area contributed by atoms with Crippen molar-refractivity contribution >= 4 is 11.9 Å². The fourth-order valence-electron chi connectivity index (χ4n) is 3.87. The molecular formula is C16H27NO4. The first-order valence-corrected chi connectivity index (χ1v) is 7.97. The van der Waals surface area contributed by atoms with E-state index in [1.54, 1.807) is 12.0 Å². The van der Waals surface area contributed by atoms with E-state index >= 15 is 0 Å². The fourth-order valence-corrected chi connectivity index (χ4v) is 3.87. The number of hydrogen-bond acceptors (Lipinski definition) is 4. The van der Waals surface area contributed by atoms with Gasteiger partial charge in [0.05, 0.1) is 20.1 Å². The summed E-state index contributed by atoms with van der Waals surface area (Å²) in [5.74, 6) is 2.05. The van der Waals surface area contributed by atoms with E-state index in [0.29, 0.717) is 32.0 Å². The van der Waals surface area contributed by atoms with Crippen LogP contribution in [-0.4, -0.2) is 50.7 Å². The Hall–Kier alpha value is -1.10. The quantitative estimate of drug-likeness (QED) is 0.642. The van der Waals surface area contributed by atoms with E-state index in [1.807, 2.05) is 0 Å². The van der Waals surface area contributed by atoms with Crippen molar-refractivity contribution in [3.8, 4) is 0 Å². The molecule has 2 aliphatic carbocycles. The summed E-state index contributed by atoms with van der Waals surface area (Å²) in [4.78, 5) is 25.5. The number of amides is 1. The van der Waals surface area contributed by atoms with Crippen molar-refractivity contribution in [3.63, 3.8) is 0 Å². The van der Waals surface area contributed by atoms with Crippen LogP contribution in [-0.2, 0) is 19.1 Å². The lowest BCUT2D eigenvalue weighted by Gasteiger charge is -2.26. The number of carbonyl (C=O) groups is 2. The lowest BCUT2D eigenvalue weighted by molar-refractivity contribution is -0.142. The third kappa shape index (κ3) is 4.43. The monoisotopic (exact) mass is 297 g/mol. The standard InChI is InChI=1S/C16H27NO4/c1-20-8-7-17(6-5-16(19)21-2)15(18)11-14-10-12-3-4-13(14)9-12/h12-14H,3-11H2,1-2H3. The highest BCUT2D eigenvalue weighted by Gasteiger charge is 2.40. The minimum absolute atomic E-state index is 0.161. The predicted molar refractivity (Wildman–Crippen MR) is 78.6 cm³/mol. The molecule has 2 bridgehead atoms. The summed E-state index contributed by atoms with van der Waals surface area (Å²) < 4.78 is 9.72. The Morgan fingerprint density at radius 1 is 1.14 bits per heavy atom. The minimum Gasteiger partial charge on any atom is -0.469 e. The molecule has 3 unspecified atom stereocenters. The van der Waals surface area contributed by atoms with Crippen molar-refractivity contribution < 1.29 is 19.1 Å². The molecule has 5 nitrogen and oxygen atoms in total. The molecule has 2 aliphatic rings. The van der Waals surface area contributed by atoms with Crippen molar-refractivity contribution in [2.45, 2.75) is 38.5 Å². The summed E-state index contributed by atoms with van der Waals surface area (Å²) in [6, 6.07) is 0. The smallest absolute Gasteiger partial charge is 0.307 e. The largest absolute Gasteiger partial charge is 0.469 e. The van der Waals surface area contributed by atoms with Gasteiger partial charge in [0, 0.05) is 26.6 Å². The molecule has 0 aliphatic heterocycles. The molecule has 0 aromatic rings. The van der Waals surface area contributed by atoms with Gasteiger partial charge in [0.15, 0.2) is 0 Å². The molecule has 0 heterocycles. The van der Waals surface area contributed by atoms with Gasteiger partial charge in [-0.25, -0.2) is 0 Å². The van der Waals surface area contributed by atoms with E-state index in [4.69, 9.17) is 4.74 Å². The van der Waals surface area contributed by atoms with Crippen LogP contribution >= 0.6 is 0 Å². The maximum atomic E-state index is 12.5. The molecule has 1 amide bonds. The van der Waals surface area contributed by atoms with E-state index in [-0.39, 0.29) is 18.3 Å². The Labute approximate surface area is 127 Å². The predicted octanol–water partition coefficient (Wildman–Crippen LogP) is 1.85. The Morgan fingerprint density at radius 3 is 2.52 bits per heavy atom. The van der Waals surface area contributed by atoms with Crippen LogP contribution in [0.3, 0.4) is 0 Å². The van der Waals surface area contributed by atoms with Crippen LogP contribution in [0, 0.1) is 17.8 Å². The Kier molecular flexibility index (Phi) is 6.03. The van der Waals surface area contributed by atoms with Crippen LogP contribution in [0.25, 0.3) is 0 Å². The number of nitrogens with zero attached hydrogens (tertiary/aromatic N) is 1. The second kappa shape index (κ2) is 7.78. The fraction of sp³-hybridized carbons (Fsp3) is 0.875. The molecule has 0 aromatic heterocycles. The summed E-state index contributed by atoms with van der Waals surface area (Å²) in [5, 5.41) is 0. The first-order chi connectivity index (χ1) is 10.1. The zero-order valence-corrected chi connectivity index (χ0v) is 13.2. The summed E-state index contributed by atoms with van der Waals surface area (Å²) >= 11 is 0. The number of hydrogen-bond donors (Lipinski definition) is 0. The number of carbonyl (C=O) groups excluding carboxylic acids is 2. The second-order valence-electron chi connectivity index (χ2n) is 6.34. The van der Waals surface area contributed by atoms with Crippen molar-refractivity contribution in [1.29, 1.82) is 0 Å². The van der Waals surface area contributed by atoms with Crippen LogP contribution in [0.2, 0.25) is 0 Å². The van der Waals surface area contributed by atoms with Gasteiger partial charge in [-0.15, -0.1) is 0 Å². The van der Waals surface area contributed by atoms with E-state index in [0.717, 1.165) is 11.8 Å². The maximum Gasteiger partial charge on any atom is 0.307 e. The van der Waals surface area contributed by atoms with Gasteiger partial charge in [-0.1, -0.05) is 6.42 Å². The molecule has 0 aromatic carbocycles. The van der Waals surface area contributed by atoms with Crippen LogP contribution in [0.4, 0.5) is 0 Å².